The Labute approximate surface area is 128 Å². The van der Waals surface area contributed by atoms with Crippen molar-refractivity contribution in [2.75, 3.05) is 0 Å². The maximum absolute atomic E-state index is 12.5. The highest BCUT2D eigenvalue weighted by Gasteiger charge is 2.22. The first kappa shape index (κ1) is 16.1. The first-order valence-electron chi connectivity index (χ1n) is 6.60. The number of thiazole rings is 1. The Morgan fingerprint density at radius 2 is 2.19 bits per heavy atom. The number of hydrogen-bond acceptors (Lipinski definition) is 5. The highest BCUT2D eigenvalue weighted by Crippen LogP contribution is 2.23. The first-order valence-corrected chi connectivity index (χ1v) is 8.96. The SMILES string of the molecule is CCC(NS(=O)(=O)c1ccc(C)c(CO)c1)c1nccs1. The molecule has 0 aliphatic carbocycles. The van der Waals surface area contributed by atoms with Crippen molar-refractivity contribution in [2.45, 2.75) is 37.8 Å². The van der Waals surface area contributed by atoms with Crippen molar-refractivity contribution in [1.29, 1.82) is 0 Å². The van der Waals surface area contributed by atoms with Gasteiger partial charge in [-0.3, -0.25) is 0 Å². The van der Waals surface area contributed by atoms with Crippen LogP contribution in [0.2, 0.25) is 0 Å². The molecule has 0 bridgehead atoms. The molecule has 5 nitrogen and oxygen atoms in total. The van der Waals surface area contributed by atoms with Crippen molar-refractivity contribution < 1.29 is 13.5 Å². The standard InChI is InChI=1S/C14H18N2O3S2/c1-3-13(14-15-6-7-20-14)16-21(18,19)12-5-4-10(2)11(8-12)9-17/h4-8,13,16-17H,3,9H2,1-2H3. The highest BCUT2D eigenvalue weighted by molar-refractivity contribution is 7.89. The van der Waals surface area contributed by atoms with Crippen LogP contribution in [0.15, 0.2) is 34.7 Å². The predicted molar refractivity (Wildman–Crippen MR) is 82.6 cm³/mol. The van der Waals surface area contributed by atoms with Crippen LogP contribution in [0.1, 0.15) is 35.5 Å². The second-order valence-electron chi connectivity index (χ2n) is 4.70. The summed E-state index contributed by atoms with van der Waals surface area (Å²) in [5, 5.41) is 11.8. The highest BCUT2D eigenvalue weighted by atomic mass is 32.2. The Balaban J connectivity index is 2.29. The molecular formula is C14H18N2O3S2. The van der Waals surface area contributed by atoms with E-state index in [1.54, 1.807) is 18.3 Å². The minimum atomic E-state index is -3.64. The van der Waals surface area contributed by atoms with Crippen molar-refractivity contribution in [3.05, 3.63) is 45.9 Å². The van der Waals surface area contributed by atoms with E-state index in [1.807, 2.05) is 19.2 Å². The zero-order valence-corrected chi connectivity index (χ0v) is 13.5. The Kier molecular flexibility index (Phi) is 5.10. The summed E-state index contributed by atoms with van der Waals surface area (Å²) in [5.41, 5.74) is 1.48. The third-order valence-electron chi connectivity index (χ3n) is 3.26. The summed E-state index contributed by atoms with van der Waals surface area (Å²) in [6, 6.07) is 4.41. The van der Waals surface area contributed by atoms with Crippen molar-refractivity contribution >= 4 is 21.4 Å². The number of aliphatic hydroxyl groups is 1. The summed E-state index contributed by atoms with van der Waals surface area (Å²) in [5.74, 6) is 0. The van der Waals surface area contributed by atoms with E-state index in [1.165, 1.54) is 17.4 Å². The van der Waals surface area contributed by atoms with Crippen molar-refractivity contribution in [2.24, 2.45) is 0 Å². The summed E-state index contributed by atoms with van der Waals surface area (Å²) in [4.78, 5) is 4.32. The Hall–Kier alpha value is -1.28. The third-order valence-corrected chi connectivity index (χ3v) is 5.61. The molecule has 1 aromatic carbocycles. The van der Waals surface area contributed by atoms with Crippen LogP contribution in [0, 0.1) is 6.92 Å². The predicted octanol–water partition coefficient (Wildman–Crippen LogP) is 2.37. The molecule has 0 saturated heterocycles. The monoisotopic (exact) mass is 326 g/mol. The molecule has 0 radical (unpaired) electrons. The van der Waals surface area contributed by atoms with Crippen LogP contribution in [-0.4, -0.2) is 18.5 Å². The van der Waals surface area contributed by atoms with E-state index in [9.17, 15) is 13.5 Å². The van der Waals surface area contributed by atoms with E-state index in [0.717, 1.165) is 10.6 Å². The number of benzene rings is 1. The van der Waals surface area contributed by atoms with E-state index in [2.05, 4.69) is 9.71 Å². The molecule has 1 atom stereocenters. The quantitative estimate of drug-likeness (QED) is 0.854. The zero-order chi connectivity index (χ0) is 15.5. The molecule has 1 aromatic heterocycles. The largest absolute Gasteiger partial charge is 0.392 e. The number of aliphatic hydroxyl groups excluding tert-OH is 1. The molecule has 21 heavy (non-hydrogen) atoms. The molecule has 114 valence electrons. The van der Waals surface area contributed by atoms with E-state index in [0.29, 0.717) is 12.0 Å². The molecule has 0 amide bonds. The molecular weight excluding hydrogens is 308 g/mol. The molecule has 1 heterocycles. The second-order valence-corrected chi connectivity index (χ2v) is 7.34. The number of aromatic nitrogens is 1. The molecule has 7 heteroatoms. The van der Waals surface area contributed by atoms with Gasteiger partial charge in [-0.1, -0.05) is 13.0 Å². The van der Waals surface area contributed by atoms with Gasteiger partial charge in [0, 0.05) is 11.6 Å². The van der Waals surface area contributed by atoms with Gasteiger partial charge in [0.1, 0.15) is 5.01 Å². The summed E-state index contributed by atoms with van der Waals surface area (Å²) < 4.78 is 27.6. The van der Waals surface area contributed by atoms with Crippen molar-refractivity contribution in [3.8, 4) is 0 Å². The van der Waals surface area contributed by atoms with Gasteiger partial charge in [0.2, 0.25) is 10.0 Å². The number of nitrogens with one attached hydrogen (secondary N) is 1. The second kappa shape index (κ2) is 6.65. The van der Waals surface area contributed by atoms with Crippen LogP contribution >= 0.6 is 11.3 Å². The van der Waals surface area contributed by atoms with E-state index < -0.39 is 10.0 Å². The minimum absolute atomic E-state index is 0.159. The topological polar surface area (TPSA) is 79.3 Å². The smallest absolute Gasteiger partial charge is 0.241 e. The molecule has 0 saturated carbocycles. The molecule has 0 fully saturated rings. The molecule has 1 unspecified atom stereocenters. The maximum atomic E-state index is 12.5. The first-order chi connectivity index (χ1) is 9.97. The molecule has 2 N–H and O–H groups in total. The van der Waals surface area contributed by atoms with Gasteiger partial charge in [0.25, 0.3) is 0 Å². The number of sulfonamides is 1. The lowest BCUT2D eigenvalue weighted by molar-refractivity contribution is 0.280. The van der Waals surface area contributed by atoms with Gasteiger partial charge in [0.15, 0.2) is 0 Å². The van der Waals surface area contributed by atoms with Gasteiger partial charge in [-0.2, -0.15) is 0 Å². The Bertz CT molecular complexity index is 697. The molecule has 2 aromatic rings. The summed E-state index contributed by atoms with van der Waals surface area (Å²) in [6.07, 6.45) is 2.28. The van der Waals surface area contributed by atoms with Gasteiger partial charge >= 0.3 is 0 Å². The van der Waals surface area contributed by atoms with Crippen LogP contribution < -0.4 is 4.72 Å². The van der Waals surface area contributed by atoms with E-state index >= 15 is 0 Å². The van der Waals surface area contributed by atoms with Crippen LogP contribution in [0.3, 0.4) is 0 Å². The lowest BCUT2D eigenvalue weighted by Gasteiger charge is -2.15. The van der Waals surface area contributed by atoms with E-state index in [-0.39, 0.29) is 17.5 Å². The van der Waals surface area contributed by atoms with Gasteiger partial charge in [0.05, 0.1) is 17.5 Å². The Morgan fingerprint density at radius 3 is 2.76 bits per heavy atom. The van der Waals surface area contributed by atoms with Gasteiger partial charge in [-0.05, 0) is 36.6 Å². The average Bonchev–Trinajstić information content (AvgIpc) is 2.99. The number of hydrogen-bond donors (Lipinski definition) is 2. The molecule has 0 aliphatic rings. The third kappa shape index (κ3) is 3.68. The lowest BCUT2D eigenvalue weighted by Crippen LogP contribution is -2.28. The molecule has 0 spiro atoms. The molecule has 0 aliphatic heterocycles. The van der Waals surface area contributed by atoms with Crippen molar-refractivity contribution in [3.63, 3.8) is 0 Å². The number of rotatable bonds is 6. The van der Waals surface area contributed by atoms with Gasteiger partial charge in [-0.25, -0.2) is 18.1 Å². The zero-order valence-electron chi connectivity index (χ0n) is 11.9. The van der Waals surface area contributed by atoms with Gasteiger partial charge in [-0.15, -0.1) is 11.3 Å². The van der Waals surface area contributed by atoms with Crippen molar-refractivity contribution in [1.82, 2.24) is 9.71 Å². The number of nitrogens with zero attached hydrogens (tertiary/aromatic N) is 1. The number of aryl methyl sites for hydroxylation is 1. The maximum Gasteiger partial charge on any atom is 0.241 e. The van der Waals surface area contributed by atoms with Crippen LogP contribution in [0.25, 0.3) is 0 Å². The van der Waals surface area contributed by atoms with Gasteiger partial charge < -0.3 is 5.11 Å². The summed E-state index contributed by atoms with van der Waals surface area (Å²) >= 11 is 1.42. The fourth-order valence-electron chi connectivity index (χ4n) is 1.96. The van der Waals surface area contributed by atoms with Crippen LogP contribution in [-0.2, 0) is 16.6 Å². The minimum Gasteiger partial charge on any atom is -0.392 e. The van der Waals surface area contributed by atoms with Crippen LogP contribution in [0.4, 0.5) is 0 Å². The summed E-state index contributed by atoms with van der Waals surface area (Å²) in [6.45, 7) is 3.56. The fraction of sp³-hybridized carbons (Fsp3) is 0.357. The summed E-state index contributed by atoms with van der Waals surface area (Å²) in [7, 11) is -3.64. The average molecular weight is 326 g/mol. The fourth-order valence-corrected chi connectivity index (χ4v) is 4.14. The lowest BCUT2D eigenvalue weighted by atomic mass is 10.1. The Morgan fingerprint density at radius 1 is 1.43 bits per heavy atom. The van der Waals surface area contributed by atoms with E-state index in [4.69, 9.17) is 0 Å². The van der Waals surface area contributed by atoms with Crippen LogP contribution in [0.5, 0.6) is 0 Å². The normalized spacial score (nSPS) is 13.3. The molecule has 2 rings (SSSR count).